The fraction of sp³-hybridized carbons (Fsp3) is 0.409. The summed E-state index contributed by atoms with van der Waals surface area (Å²) < 4.78 is 1.43. The maximum atomic E-state index is 12.8. The number of carbonyl (C=O) groups excluding carboxylic acids is 1. The highest BCUT2D eigenvalue weighted by molar-refractivity contribution is 5.75. The van der Waals surface area contributed by atoms with Crippen LogP contribution in [0.25, 0.3) is 6.08 Å². The molecular weight excluding hydrogens is 366 g/mol. The van der Waals surface area contributed by atoms with Gasteiger partial charge in [0.2, 0.25) is 5.91 Å². The normalized spacial score (nSPS) is 15.4. The third-order valence-corrected chi connectivity index (χ3v) is 5.06. The van der Waals surface area contributed by atoms with E-state index in [4.69, 9.17) is 0 Å². The van der Waals surface area contributed by atoms with Crippen LogP contribution in [0.15, 0.2) is 53.1 Å². The van der Waals surface area contributed by atoms with Gasteiger partial charge in [-0.15, -0.1) is 0 Å². The van der Waals surface area contributed by atoms with Crippen molar-refractivity contribution in [2.24, 2.45) is 0 Å². The SMILES string of the molecule is C/C(=C\c1ccccc1)CN1CCN(c2nccn(CC(=O)N(C)C)c2=O)CC1. The van der Waals surface area contributed by atoms with E-state index < -0.39 is 0 Å². The van der Waals surface area contributed by atoms with Crippen LogP contribution in [0.3, 0.4) is 0 Å². The van der Waals surface area contributed by atoms with Crippen LogP contribution in [-0.2, 0) is 11.3 Å². The Kier molecular flexibility index (Phi) is 6.82. The van der Waals surface area contributed by atoms with E-state index in [1.54, 1.807) is 26.5 Å². The van der Waals surface area contributed by atoms with Crippen molar-refractivity contribution in [2.75, 3.05) is 51.7 Å². The number of carbonyl (C=O) groups is 1. The Morgan fingerprint density at radius 3 is 2.45 bits per heavy atom. The maximum absolute atomic E-state index is 12.8. The number of likely N-dealkylation sites (N-methyl/N-ethyl adjacent to an activating group) is 1. The van der Waals surface area contributed by atoms with Crippen molar-refractivity contribution in [1.82, 2.24) is 19.4 Å². The minimum atomic E-state index is -0.212. The molecule has 3 rings (SSSR count). The van der Waals surface area contributed by atoms with Gasteiger partial charge in [-0.05, 0) is 12.5 Å². The Balaban J connectivity index is 1.60. The molecule has 1 aliphatic heterocycles. The Morgan fingerprint density at radius 1 is 1.10 bits per heavy atom. The molecule has 1 aromatic heterocycles. The molecule has 0 radical (unpaired) electrons. The van der Waals surface area contributed by atoms with Crippen molar-refractivity contribution in [1.29, 1.82) is 0 Å². The summed E-state index contributed by atoms with van der Waals surface area (Å²) in [6.07, 6.45) is 5.38. The second kappa shape index (κ2) is 9.52. The van der Waals surface area contributed by atoms with E-state index in [1.165, 1.54) is 20.6 Å². The number of rotatable bonds is 6. The van der Waals surface area contributed by atoms with E-state index in [2.05, 4.69) is 35.0 Å². The van der Waals surface area contributed by atoms with E-state index in [1.807, 2.05) is 23.1 Å². The van der Waals surface area contributed by atoms with Gasteiger partial charge in [0.05, 0.1) is 0 Å². The zero-order valence-corrected chi connectivity index (χ0v) is 17.4. The fourth-order valence-electron chi connectivity index (χ4n) is 3.41. The highest BCUT2D eigenvalue weighted by Crippen LogP contribution is 2.12. The Morgan fingerprint density at radius 2 is 1.79 bits per heavy atom. The van der Waals surface area contributed by atoms with Crippen LogP contribution >= 0.6 is 0 Å². The van der Waals surface area contributed by atoms with Gasteiger partial charge in [-0.3, -0.25) is 14.5 Å². The van der Waals surface area contributed by atoms with Gasteiger partial charge in [-0.2, -0.15) is 0 Å². The maximum Gasteiger partial charge on any atom is 0.293 e. The van der Waals surface area contributed by atoms with Gasteiger partial charge in [-0.25, -0.2) is 4.98 Å². The first-order chi connectivity index (χ1) is 13.9. The molecular formula is C22H29N5O2. The van der Waals surface area contributed by atoms with Gasteiger partial charge < -0.3 is 14.4 Å². The standard InChI is InChI=1S/C22H29N5O2/c1-18(15-19-7-5-4-6-8-19)16-25-11-13-26(14-12-25)21-22(29)27(10-9-23-21)17-20(28)24(2)3/h4-10,15H,11-14,16-17H2,1-3H3/b18-15+. The van der Waals surface area contributed by atoms with Crippen molar-refractivity contribution < 1.29 is 4.79 Å². The van der Waals surface area contributed by atoms with Crippen LogP contribution in [0, 0.1) is 0 Å². The van der Waals surface area contributed by atoms with E-state index in [9.17, 15) is 9.59 Å². The van der Waals surface area contributed by atoms with Crippen LogP contribution in [0.4, 0.5) is 5.82 Å². The highest BCUT2D eigenvalue weighted by atomic mass is 16.2. The summed E-state index contributed by atoms with van der Waals surface area (Å²) in [5, 5.41) is 0. The first-order valence-corrected chi connectivity index (χ1v) is 9.89. The lowest BCUT2D eigenvalue weighted by atomic mass is 10.1. The van der Waals surface area contributed by atoms with Crippen LogP contribution in [0.5, 0.6) is 0 Å². The zero-order chi connectivity index (χ0) is 20.8. The first-order valence-electron chi connectivity index (χ1n) is 9.89. The van der Waals surface area contributed by atoms with Gasteiger partial charge in [0.25, 0.3) is 5.56 Å². The first kappa shape index (κ1) is 20.8. The average molecular weight is 396 g/mol. The topological polar surface area (TPSA) is 61.7 Å². The molecule has 2 heterocycles. The average Bonchev–Trinajstić information content (AvgIpc) is 2.71. The molecule has 1 saturated heterocycles. The Bertz CT molecular complexity index is 912. The van der Waals surface area contributed by atoms with Crippen molar-refractivity contribution in [2.45, 2.75) is 13.5 Å². The van der Waals surface area contributed by atoms with Crippen LogP contribution < -0.4 is 10.5 Å². The van der Waals surface area contributed by atoms with Crippen molar-refractivity contribution in [3.05, 3.63) is 64.2 Å². The summed E-state index contributed by atoms with van der Waals surface area (Å²) in [4.78, 5) is 34.9. The van der Waals surface area contributed by atoms with Crippen LogP contribution in [-0.4, -0.2) is 72.1 Å². The van der Waals surface area contributed by atoms with Gasteiger partial charge >= 0.3 is 0 Å². The van der Waals surface area contributed by atoms with E-state index in [0.29, 0.717) is 5.82 Å². The molecule has 1 fully saturated rings. The fourth-order valence-corrected chi connectivity index (χ4v) is 3.41. The molecule has 2 aromatic rings. The van der Waals surface area contributed by atoms with Gasteiger partial charge in [0.1, 0.15) is 6.54 Å². The lowest BCUT2D eigenvalue weighted by molar-refractivity contribution is -0.129. The summed E-state index contributed by atoms with van der Waals surface area (Å²) in [6, 6.07) is 10.3. The number of hydrogen-bond donors (Lipinski definition) is 0. The van der Waals surface area contributed by atoms with Crippen molar-refractivity contribution in [3.8, 4) is 0 Å². The number of benzene rings is 1. The molecule has 0 spiro atoms. The smallest absolute Gasteiger partial charge is 0.293 e. The third-order valence-electron chi connectivity index (χ3n) is 5.06. The predicted molar refractivity (Wildman–Crippen MR) is 116 cm³/mol. The molecule has 29 heavy (non-hydrogen) atoms. The molecule has 1 aromatic carbocycles. The third kappa shape index (κ3) is 5.54. The van der Waals surface area contributed by atoms with Gasteiger partial charge in [0.15, 0.2) is 5.82 Å². The largest absolute Gasteiger partial charge is 0.349 e. The van der Waals surface area contributed by atoms with Crippen molar-refractivity contribution >= 4 is 17.8 Å². The predicted octanol–water partition coefficient (Wildman–Crippen LogP) is 1.56. The quantitative estimate of drug-likeness (QED) is 0.743. The molecule has 7 heteroatoms. The highest BCUT2D eigenvalue weighted by Gasteiger charge is 2.21. The zero-order valence-electron chi connectivity index (χ0n) is 17.4. The van der Waals surface area contributed by atoms with E-state index in [0.717, 1.165) is 32.7 Å². The Labute approximate surface area is 171 Å². The summed E-state index contributed by atoms with van der Waals surface area (Å²) in [5.41, 5.74) is 2.31. The summed E-state index contributed by atoms with van der Waals surface area (Å²) in [6.45, 7) is 6.31. The van der Waals surface area contributed by atoms with Gasteiger partial charge in [-0.1, -0.05) is 42.0 Å². The molecule has 154 valence electrons. The number of aromatic nitrogens is 2. The minimum absolute atomic E-state index is 0.0325. The molecule has 0 bridgehead atoms. The second-order valence-corrected chi connectivity index (χ2v) is 7.64. The summed E-state index contributed by atoms with van der Waals surface area (Å²) >= 11 is 0. The summed E-state index contributed by atoms with van der Waals surface area (Å²) in [5.74, 6) is 0.310. The second-order valence-electron chi connectivity index (χ2n) is 7.64. The number of amides is 1. The molecule has 0 saturated carbocycles. The van der Waals surface area contributed by atoms with Crippen LogP contribution in [0.2, 0.25) is 0 Å². The monoisotopic (exact) mass is 395 g/mol. The van der Waals surface area contributed by atoms with Crippen LogP contribution in [0.1, 0.15) is 12.5 Å². The van der Waals surface area contributed by atoms with E-state index >= 15 is 0 Å². The number of piperazine rings is 1. The molecule has 0 N–H and O–H groups in total. The minimum Gasteiger partial charge on any atom is -0.349 e. The molecule has 1 aliphatic rings. The van der Waals surface area contributed by atoms with E-state index in [-0.39, 0.29) is 18.0 Å². The lowest BCUT2D eigenvalue weighted by Crippen LogP contribution is -2.49. The molecule has 0 unspecified atom stereocenters. The lowest BCUT2D eigenvalue weighted by Gasteiger charge is -2.35. The van der Waals surface area contributed by atoms with Crippen molar-refractivity contribution in [3.63, 3.8) is 0 Å². The number of anilines is 1. The van der Waals surface area contributed by atoms with Gasteiger partial charge in [0, 0.05) is 59.2 Å². The number of hydrogen-bond acceptors (Lipinski definition) is 5. The molecule has 0 atom stereocenters. The summed E-state index contributed by atoms with van der Waals surface area (Å²) in [7, 11) is 3.37. The Hall–Kier alpha value is -2.93. The number of nitrogens with zero attached hydrogens (tertiary/aromatic N) is 5. The molecule has 0 aliphatic carbocycles. The molecule has 7 nitrogen and oxygen atoms in total. The molecule has 1 amide bonds.